The van der Waals surface area contributed by atoms with E-state index in [0.29, 0.717) is 11.5 Å². The summed E-state index contributed by atoms with van der Waals surface area (Å²) >= 11 is 1.36. The fourth-order valence-corrected chi connectivity index (χ4v) is 1.73. The van der Waals surface area contributed by atoms with Gasteiger partial charge in [0.15, 0.2) is 5.69 Å². The van der Waals surface area contributed by atoms with Gasteiger partial charge in [0.05, 0.1) is 5.01 Å². The van der Waals surface area contributed by atoms with Crippen molar-refractivity contribution in [2.45, 2.75) is 13.8 Å². The molecule has 0 radical (unpaired) electrons. The topological polar surface area (TPSA) is 62.2 Å². The number of carboxylic acid groups (broad SMARTS) is 1. The van der Waals surface area contributed by atoms with Crippen LogP contribution in [0.5, 0.6) is 0 Å². The quantitative estimate of drug-likeness (QED) is 0.752. The molecule has 5 heteroatoms. The highest BCUT2D eigenvalue weighted by Crippen LogP contribution is 2.23. The number of rotatable bonds is 3. The van der Waals surface area contributed by atoms with Crippen LogP contribution < -0.4 is 5.32 Å². The van der Waals surface area contributed by atoms with Gasteiger partial charge >= 0.3 is 5.97 Å². The minimum absolute atomic E-state index is 0.124. The zero-order valence-electron chi connectivity index (χ0n) is 6.92. The van der Waals surface area contributed by atoms with Crippen molar-refractivity contribution in [1.29, 1.82) is 0 Å². The van der Waals surface area contributed by atoms with Gasteiger partial charge in [0.2, 0.25) is 0 Å². The van der Waals surface area contributed by atoms with Gasteiger partial charge in [0.1, 0.15) is 5.00 Å². The smallest absolute Gasteiger partial charge is 0.357 e. The second-order valence-electron chi connectivity index (χ2n) is 2.25. The summed E-state index contributed by atoms with van der Waals surface area (Å²) in [6.07, 6.45) is 0. The summed E-state index contributed by atoms with van der Waals surface area (Å²) in [6, 6.07) is 0. The maximum absolute atomic E-state index is 10.6. The Balaban J connectivity index is 2.99. The van der Waals surface area contributed by atoms with Gasteiger partial charge in [-0.3, -0.25) is 0 Å². The molecule has 0 unspecified atom stereocenters. The Morgan fingerprint density at radius 1 is 1.75 bits per heavy atom. The van der Waals surface area contributed by atoms with Gasteiger partial charge in [-0.05, 0) is 13.8 Å². The standard InChI is InChI=1S/C7H10N2O2S/c1-3-8-6-5(7(10)11)9-4(2)12-6/h8H,3H2,1-2H3,(H,10,11). The van der Waals surface area contributed by atoms with Crippen LogP contribution in [0.4, 0.5) is 5.00 Å². The maximum atomic E-state index is 10.6. The van der Waals surface area contributed by atoms with Crippen LogP contribution >= 0.6 is 11.3 Å². The van der Waals surface area contributed by atoms with E-state index in [1.165, 1.54) is 11.3 Å². The average Bonchev–Trinajstić information content (AvgIpc) is 2.32. The first-order valence-corrected chi connectivity index (χ1v) is 4.41. The highest BCUT2D eigenvalue weighted by atomic mass is 32.1. The van der Waals surface area contributed by atoms with Crippen LogP contribution in [0.15, 0.2) is 0 Å². The molecule has 66 valence electrons. The molecule has 0 atom stereocenters. The minimum atomic E-state index is -0.977. The number of aromatic nitrogens is 1. The van der Waals surface area contributed by atoms with Crippen molar-refractivity contribution in [3.8, 4) is 0 Å². The van der Waals surface area contributed by atoms with E-state index in [9.17, 15) is 4.79 Å². The molecule has 0 aromatic carbocycles. The molecule has 0 saturated heterocycles. The lowest BCUT2D eigenvalue weighted by atomic mass is 10.4. The average molecular weight is 186 g/mol. The highest BCUT2D eigenvalue weighted by molar-refractivity contribution is 7.16. The molecule has 1 heterocycles. The van der Waals surface area contributed by atoms with Crippen molar-refractivity contribution in [3.63, 3.8) is 0 Å². The normalized spacial score (nSPS) is 9.83. The summed E-state index contributed by atoms with van der Waals surface area (Å²) in [6.45, 7) is 4.42. The van der Waals surface area contributed by atoms with Gasteiger partial charge in [-0.2, -0.15) is 0 Å². The van der Waals surface area contributed by atoms with E-state index >= 15 is 0 Å². The molecule has 0 spiro atoms. The highest BCUT2D eigenvalue weighted by Gasteiger charge is 2.14. The van der Waals surface area contributed by atoms with E-state index in [4.69, 9.17) is 5.11 Å². The summed E-state index contributed by atoms with van der Waals surface area (Å²) < 4.78 is 0. The van der Waals surface area contributed by atoms with E-state index in [1.807, 2.05) is 6.92 Å². The van der Waals surface area contributed by atoms with Crippen molar-refractivity contribution in [3.05, 3.63) is 10.7 Å². The Bertz CT molecular complexity index is 296. The van der Waals surface area contributed by atoms with Gasteiger partial charge in [0, 0.05) is 6.54 Å². The first kappa shape index (κ1) is 8.99. The van der Waals surface area contributed by atoms with Gasteiger partial charge in [-0.25, -0.2) is 9.78 Å². The van der Waals surface area contributed by atoms with Crippen LogP contribution in [0, 0.1) is 6.92 Å². The molecule has 1 aromatic rings. The Morgan fingerprint density at radius 3 is 2.92 bits per heavy atom. The predicted octanol–water partition coefficient (Wildman–Crippen LogP) is 1.58. The Hall–Kier alpha value is -1.10. The molecule has 0 aliphatic rings. The molecule has 2 N–H and O–H groups in total. The van der Waals surface area contributed by atoms with Crippen molar-refractivity contribution in [2.24, 2.45) is 0 Å². The van der Waals surface area contributed by atoms with Crippen LogP contribution in [0.2, 0.25) is 0 Å². The summed E-state index contributed by atoms with van der Waals surface area (Å²) in [4.78, 5) is 14.5. The largest absolute Gasteiger partial charge is 0.476 e. The first-order valence-electron chi connectivity index (χ1n) is 3.59. The lowest BCUT2D eigenvalue weighted by Gasteiger charge is -1.97. The van der Waals surface area contributed by atoms with Gasteiger partial charge in [-0.15, -0.1) is 11.3 Å². The summed E-state index contributed by atoms with van der Waals surface area (Å²) in [7, 11) is 0. The molecule has 0 aliphatic carbocycles. The molecule has 0 amide bonds. The third kappa shape index (κ3) is 1.73. The molecule has 0 saturated carbocycles. The van der Waals surface area contributed by atoms with Crippen LogP contribution in [-0.2, 0) is 0 Å². The summed E-state index contributed by atoms with van der Waals surface area (Å²) in [5.74, 6) is -0.977. The Labute approximate surface area is 74.3 Å². The Kier molecular flexibility index (Phi) is 2.65. The summed E-state index contributed by atoms with van der Waals surface area (Å²) in [5.41, 5.74) is 0.124. The number of nitrogens with zero attached hydrogens (tertiary/aromatic N) is 1. The number of hydrogen-bond acceptors (Lipinski definition) is 4. The van der Waals surface area contributed by atoms with Crippen LogP contribution in [0.1, 0.15) is 22.4 Å². The molecular formula is C7H10N2O2S. The van der Waals surface area contributed by atoms with Gasteiger partial charge < -0.3 is 10.4 Å². The molecule has 0 aliphatic heterocycles. The van der Waals surface area contributed by atoms with Gasteiger partial charge in [0.25, 0.3) is 0 Å². The molecule has 0 bridgehead atoms. The number of nitrogens with one attached hydrogen (secondary N) is 1. The number of carboxylic acids is 1. The zero-order chi connectivity index (χ0) is 9.14. The molecule has 0 fully saturated rings. The molecular weight excluding hydrogens is 176 g/mol. The van der Waals surface area contributed by atoms with E-state index < -0.39 is 5.97 Å². The van der Waals surface area contributed by atoms with Crippen molar-refractivity contribution in [1.82, 2.24) is 4.98 Å². The monoisotopic (exact) mass is 186 g/mol. The first-order chi connectivity index (χ1) is 5.65. The maximum Gasteiger partial charge on any atom is 0.357 e. The number of aromatic carboxylic acids is 1. The third-order valence-corrected chi connectivity index (χ3v) is 2.20. The number of carbonyl (C=O) groups is 1. The third-order valence-electron chi connectivity index (χ3n) is 1.27. The lowest BCUT2D eigenvalue weighted by molar-refractivity contribution is 0.0692. The molecule has 12 heavy (non-hydrogen) atoms. The van der Waals surface area contributed by atoms with Crippen LogP contribution in [0.3, 0.4) is 0 Å². The fourth-order valence-electron chi connectivity index (χ4n) is 0.852. The van der Waals surface area contributed by atoms with Gasteiger partial charge in [-0.1, -0.05) is 0 Å². The van der Waals surface area contributed by atoms with E-state index in [-0.39, 0.29) is 5.69 Å². The second kappa shape index (κ2) is 3.53. The fraction of sp³-hybridized carbons (Fsp3) is 0.429. The SMILES string of the molecule is CCNc1sc(C)nc1C(=O)O. The number of anilines is 1. The minimum Gasteiger partial charge on any atom is -0.476 e. The van der Waals surface area contributed by atoms with Crippen molar-refractivity contribution >= 4 is 22.3 Å². The molecule has 1 rings (SSSR count). The predicted molar refractivity (Wildman–Crippen MR) is 48.0 cm³/mol. The second-order valence-corrected chi connectivity index (χ2v) is 3.45. The number of thiazole rings is 1. The van der Waals surface area contributed by atoms with Crippen LogP contribution in [0.25, 0.3) is 0 Å². The lowest BCUT2D eigenvalue weighted by Crippen LogP contribution is -2.03. The summed E-state index contributed by atoms with van der Waals surface area (Å²) in [5, 5.41) is 13.1. The zero-order valence-corrected chi connectivity index (χ0v) is 7.73. The van der Waals surface area contributed by atoms with Crippen molar-refractivity contribution < 1.29 is 9.90 Å². The van der Waals surface area contributed by atoms with E-state index in [0.717, 1.165) is 5.01 Å². The Morgan fingerprint density at radius 2 is 2.42 bits per heavy atom. The van der Waals surface area contributed by atoms with E-state index in [2.05, 4.69) is 10.3 Å². The number of aryl methyl sites for hydroxylation is 1. The molecule has 4 nitrogen and oxygen atoms in total. The van der Waals surface area contributed by atoms with E-state index in [1.54, 1.807) is 6.92 Å². The molecule has 1 aromatic heterocycles. The number of hydrogen-bond donors (Lipinski definition) is 2. The van der Waals surface area contributed by atoms with Crippen LogP contribution in [-0.4, -0.2) is 22.6 Å². The van der Waals surface area contributed by atoms with Crippen molar-refractivity contribution in [2.75, 3.05) is 11.9 Å².